The Morgan fingerprint density at radius 2 is 2.24 bits per heavy atom. The molecule has 0 spiro atoms. The first-order valence-corrected chi connectivity index (χ1v) is 6.25. The number of aldehydes is 1. The van der Waals surface area contributed by atoms with Gasteiger partial charge in [0, 0.05) is 10.0 Å². The van der Waals surface area contributed by atoms with Gasteiger partial charge in [0.05, 0.1) is 11.7 Å². The Labute approximate surface area is 107 Å². The summed E-state index contributed by atoms with van der Waals surface area (Å²) in [6.45, 7) is 0. The van der Waals surface area contributed by atoms with Crippen LogP contribution in [0.5, 0.6) is 0 Å². The van der Waals surface area contributed by atoms with Gasteiger partial charge >= 0.3 is 0 Å². The molecule has 4 nitrogen and oxygen atoms in total. The smallest absolute Gasteiger partial charge is 0.172 e. The second kappa shape index (κ2) is 4.07. The summed E-state index contributed by atoms with van der Waals surface area (Å²) in [5.41, 5.74) is 2.21. The molecule has 1 aliphatic carbocycles. The van der Waals surface area contributed by atoms with E-state index in [2.05, 4.69) is 26.2 Å². The maximum atomic E-state index is 11.0. The molecule has 1 aromatic carbocycles. The molecule has 0 radical (unpaired) electrons. The number of aromatic nitrogens is 3. The van der Waals surface area contributed by atoms with Crippen LogP contribution in [0.2, 0.25) is 0 Å². The first-order chi connectivity index (χ1) is 8.29. The lowest BCUT2D eigenvalue weighted by atomic mass is 10.1. The van der Waals surface area contributed by atoms with Crippen molar-refractivity contribution >= 4 is 22.2 Å². The second-order valence-corrected chi connectivity index (χ2v) is 5.04. The molecular formula is C12H10BrN3O. The highest BCUT2D eigenvalue weighted by molar-refractivity contribution is 9.10. The van der Waals surface area contributed by atoms with Gasteiger partial charge in [-0.2, -0.15) is 0 Å². The molecule has 86 valence electrons. The molecule has 0 atom stereocenters. The summed E-state index contributed by atoms with van der Waals surface area (Å²) in [6, 6.07) is 8.25. The molecule has 0 bridgehead atoms. The standard InChI is InChI=1S/C12H10BrN3O/c13-9-3-1-2-8(6-9)12-11(7-17)14-15-16(12)10-4-5-10/h1-3,6-7,10H,4-5H2. The lowest BCUT2D eigenvalue weighted by Gasteiger charge is -2.05. The van der Waals surface area contributed by atoms with Crippen molar-refractivity contribution < 1.29 is 4.79 Å². The zero-order chi connectivity index (χ0) is 11.8. The molecule has 5 heteroatoms. The van der Waals surface area contributed by atoms with E-state index in [0.29, 0.717) is 11.7 Å². The Morgan fingerprint density at radius 3 is 2.88 bits per heavy atom. The van der Waals surface area contributed by atoms with Crippen LogP contribution in [-0.4, -0.2) is 21.3 Å². The lowest BCUT2D eigenvalue weighted by Crippen LogP contribution is -2.00. The summed E-state index contributed by atoms with van der Waals surface area (Å²) in [5.74, 6) is 0. The molecule has 1 aromatic heterocycles. The largest absolute Gasteiger partial charge is 0.296 e. The van der Waals surface area contributed by atoms with Gasteiger partial charge in [-0.1, -0.05) is 33.3 Å². The van der Waals surface area contributed by atoms with E-state index in [-0.39, 0.29) is 0 Å². The van der Waals surface area contributed by atoms with Crippen molar-refractivity contribution in [3.8, 4) is 11.3 Å². The summed E-state index contributed by atoms with van der Waals surface area (Å²) in [4.78, 5) is 11.0. The number of benzene rings is 1. The van der Waals surface area contributed by atoms with Gasteiger partial charge in [-0.3, -0.25) is 4.79 Å². The van der Waals surface area contributed by atoms with Crippen LogP contribution in [0.1, 0.15) is 29.4 Å². The molecular weight excluding hydrogens is 282 g/mol. The number of rotatable bonds is 3. The summed E-state index contributed by atoms with van der Waals surface area (Å²) in [6.07, 6.45) is 2.99. The van der Waals surface area contributed by atoms with Crippen molar-refractivity contribution in [3.05, 3.63) is 34.4 Å². The monoisotopic (exact) mass is 291 g/mol. The van der Waals surface area contributed by atoms with E-state index in [1.54, 1.807) is 0 Å². The third-order valence-electron chi connectivity index (χ3n) is 2.82. The first-order valence-electron chi connectivity index (χ1n) is 5.46. The number of hydrogen-bond donors (Lipinski definition) is 0. The van der Waals surface area contributed by atoms with E-state index < -0.39 is 0 Å². The fourth-order valence-corrected chi connectivity index (χ4v) is 2.28. The molecule has 3 rings (SSSR count). The van der Waals surface area contributed by atoms with Crippen LogP contribution in [0.25, 0.3) is 11.3 Å². The summed E-state index contributed by atoms with van der Waals surface area (Å²) in [7, 11) is 0. The average molecular weight is 292 g/mol. The second-order valence-electron chi connectivity index (χ2n) is 4.13. The number of carbonyl (C=O) groups is 1. The van der Waals surface area contributed by atoms with Gasteiger partial charge < -0.3 is 0 Å². The highest BCUT2D eigenvalue weighted by atomic mass is 79.9. The van der Waals surface area contributed by atoms with Crippen LogP contribution < -0.4 is 0 Å². The fraction of sp³-hybridized carbons (Fsp3) is 0.250. The van der Waals surface area contributed by atoms with E-state index in [1.807, 2.05) is 28.9 Å². The summed E-state index contributed by atoms with van der Waals surface area (Å²) >= 11 is 3.43. The third-order valence-corrected chi connectivity index (χ3v) is 3.32. The van der Waals surface area contributed by atoms with Crippen LogP contribution in [0.4, 0.5) is 0 Å². The predicted molar refractivity (Wildman–Crippen MR) is 66.8 cm³/mol. The molecule has 0 unspecified atom stereocenters. The van der Waals surface area contributed by atoms with Crippen molar-refractivity contribution in [2.75, 3.05) is 0 Å². The Morgan fingerprint density at radius 1 is 1.41 bits per heavy atom. The molecule has 1 saturated carbocycles. The van der Waals surface area contributed by atoms with Crippen molar-refractivity contribution in [2.24, 2.45) is 0 Å². The lowest BCUT2D eigenvalue weighted by molar-refractivity contribution is 0.111. The van der Waals surface area contributed by atoms with Gasteiger partial charge in [0.25, 0.3) is 0 Å². The van der Waals surface area contributed by atoms with E-state index in [0.717, 1.165) is 34.9 Å². The van der Waals surface area contributed by atoms with Gasteiger partial charge in [-0.25, -0.2) is 4.68 Å². The number of hydrogen-bond acceptors (Lipinski definition) is 3. The molecule has 0 aliphatic heterocycles. The first kappa shape index (κ1) is 10.7. The van der Waals surface area contributed by atoms with E-state index in [1.165, 1.54) is 0 Å². The van der Waals surface area contributed by atoms with Crippen LogP contribution in [0.3, 0.4) is 0 Å². The van der Waals surface area contributed by atoms with Crippen LogP contribution in [0.15, 0.2) is 28.7 Å². The fourth-order valence-electron chi connectivity index (χ4n) is 1.88. The Kier molecular flexibility index (Phi) is 2.55. The predicted octanol–water partition coefficient (Wildman–Crippen LogP) is 2.86. The third kappa shape index (κ3) is 1.91. The van der Waals surface area contributed by atoms with E-state index >= 15 is 0 Å². The highest BCUT2D eigenvalue weighted by Gasteiger charge is 2.29. The van der Waals surface area contributed by atoms with Gasteiger partial charge in [0.2, 0.25) is 0 Å². The van der Waals surface area contributed by atoms with E-state index in [4.69, 9.17) is 0 Å². The molecule has 0 N–H and O–H groups in total. The quantitative estimate of drug-likeness (QED) is 0.817. The summed E-state index contributed by atoms with van der Waals surface area (Å²) < 4.78 is 2.85. The number of nitrogens with zero attached hydrogens (tertiary/aromatic N) is 3. The van der Waals surface area contributed by atoms with Crippen LogP contribution >= 0.6 is 15.9 Å². The molecule has 17 heavy (non-hydrogen) atoms. The minimum Gasteiger partial charge on any atom is -0.296 e. The zero-order valence-corrected chi connectivity index (χ0v) is 10.6. The minimum absolute atomic E-state index is 0.408. The zero-order valence-electron chi connectivity index (χ0n) is 9.01. The van der Waals surface area contributed by atoms with Crippen molar-refractivity contribution in [2.45, 2.75) is 18.9 Å². The Bertz CT molecular complexity index is 575. The van der Waals surface area contributed by atoms with E-state index in [9.17, 15) is 4.79 Å². The van der Waals surface area contributed by atoms with Gasteiger partial charge in [-0.05, 0) is 25.0 Å². The molecule has 2 aromatic rings. The SMILES string of the molecule is O=Cc1nnn(C2CC2)c1-c1cccc(Br)c1. The van der Waals surface area contributed by atoms with Crippen LogP contribution in [0, 0.1) is 0 Å². The summed E-state index contributed by atoms with van der Waals surface area (Å²) in [5, 5.41) is 8.01. The molecule has 0 saturated heterocycles. The number of halogens is 1. The van der Waals surface area contributed by atoms with Gasteiger partial charge in [0.15, 0.2) is 12.0 Å². The molecule has 0 amide bonds. The topological polar surface area (TPSA) is 47.8 Å². The number of carbonyl (C=O) groups excluding carboxylic acids is 1. The normalized spacial score (nSPS) is 14.9. The maximum Gasteiger partial charge on any atom is 0.172 e. The van der Waals surface area contributed by atoms with Gasteiger partial charge in [-0.15, -0.1) is 5.10 Å². The highest BCUT2D eigenvalue weighted by Crippen LogP contribution is 2.38. The van der Waals surface area contributed by atoms with Crippen molar-refractivity contribution in [1.29, 1.82) is 0 Å². The minimum atomic E-state index is 0.408. The Balaban J connectivity index is 2.17. The Hall–Kier alpha value is -1.49. The maximum absolute atomic E-state index is 11.0. The van der Waals surface area contributed by atoms with Crippen molar-refractivity contribution in [3.63, 3.8) is 0 Å². The van der Waals surface area contributed by atoms with Crippen LogP contribution in [-0.2, 0) is 0 Å². The molecule has 1 fully saturated rings. The molecule has 1 heterocycles. The molecule has 1 aliphatic rings. The van der Waals surface area contributed by atoms with Crippen molar-refractivity contribution in [1.82, 2.24) is 15.0 Å². The average Bonchev–Trinajstić information content (AvgIpc) is 3.08. The van der Waals surface area contributed by atoms with Gasteiger partial charge in [0.1, 0.15) is 0 Å².